The Morgan fingerprint density at radius 2 is 1.12 bits per heavy atom. The largest absolute Gasteiger partial charge is 0.378 e. The lowest BCUT2D eigenvalue weighted by molar-refractivity contribution is 1.13. The molecular weight excluding hydrogens is 388 g/mol. The minimum absolute atomic E-state index is 0.967. The number of allylic oxidation sites excluding steroid dienone is 8. The highest BCUT2D eigenvalue weighted by Crippen LogP contribution is 2.15. The van der Waals surface area contributed by atoms with Gasteiger partial charge in [-0.2, -0.15) is 0 Å². The van der Waals surface area contributed by atoms with E-state index in [0.717, 1.165) is 5.57 Å². The van der Waals surface area contributed by atoms with Crippen LogP contribution in [-0.2, 0) is 0 Å². The van der Waals surface area contributed by atoms with Gasteiger partial charge < -0.3 is 9.80 Å². The van der Waals surface area contributed by atoms with Crippen LogP contribution in [0.25, 0.3) is 12.2 Å². The lowest BCUT2D eigenvalue weighted by Gasteiger charge is -2.11. The quantitative estimate of drug-likeness (QED) is 0.314. The Hall–Kier alpha value is -3.52. The van der Waals surface area contributed by atoms with Crippen molar-refractivity contribution in [2.24, 2.45) is 0 Å². The molecule has 168 valence electrons. The highest BCUT2D eigenvalue weighted by molar-refractivity contribution is 5.59. The molecule has 0 bridgehead atoms. The lowest BCUT2D eigenvalue weighted by Crippen LogP contribution is -2.07. The number of hydrogen-bond acceptors (Lipinski definition) is 2. The summed E-state index contributed by atoms with van der Waals surface area (Å²) in [7, 11) is 8.19. The first-order valence-electron chi connectivity index (χ1n) is 10.8. The molecule has 0 fully saturated rings. The fourth-order valence-electron chi connectivity index (χ4n) is 2.63. The third kappa shape index (κ3) is 10.5. The van der Waals surface area contributed by atoms with E-state index in [1.54, 1.807) is 6.08 Å². The summed E-state index contributed by atoms with van der Waals surface area (Å²) in [5.41, 5.74) is 6.92. The summed E-state index contributed by atoms with van der Waals surface area (Å²) in [6.07, 6.45) is 16.3. The van der Waals surface area contributed by atoms with E-state index >= 15 is 0 Å². The standard InChI is InChI=1S/C27H32N2.C3H6/c1-22(10-12-24-14-18-26(19-15-24)28(3)4)8-7-9-23(2)11-13-25-16-20-27(21-17-25)29(5)6;1-3-2/h7-21H,1H2,2-6H3;3H,1H2,2H3/b8-7-,12-10+,13-11+,23-9+;. The van der Waals surface area contributed by atoms with E-state index in [1.807, 2.05) is 53.3 Å². The first kappa shape index (κ1) is 26.5. The predicted octanol–water partition coefficient (Wildman–Crippen LogP) is 7.80. The summed E-state index contributed by atoms with van der Waals surface area (Å²) in [6, 6.07) is 17.0. The second-order valence-corrected chi connectivity index (χ2v) is 7.89. The van der Waals surface area contributed by atoms with Gasteiger partial charge in [-0.1, -0.05) is 85.0 Å². The second-order valence-electron chi connectivity index (χ2n) is 7.89. The molecule has 2 aromatic rings. The van der Waals surface area contributed by atoms with Crippen LogP contribution in [0.3, 0.4) is 0 Å². The third-order valence-corrected chi connectivity index (χ3v) is 4.52. The van der Waals surface area contributed by atoms with Gasteiger partial charge in [0.15, 0.2) is 0 Å². The van der Waals surface area contributed by atoms with Gasteiger partial charge in [-0.3, -0.25) is 0 Å². The summed E-state index contributed by atoms with van der Waals surface area (Å²) in [6.45, 7) is 11.4. The van der Waals surface area contributed by atoms with Gasteiger partial charge in [-0.15, -0.1) is 6.58 Å². The first-order valence-corrected chi connectivity index (χ1v) is 10.8. The summed E-state index contributed by atoms with van der Waals surface area (Å²) in [5, 5.41) is 0. The maximum absolute atomic E-state index is 4.10. The van der Waals surface area contributed by atoms with Gasteiger partial charge in [-0.25, -0.2) is 0 Å². The molecule has 0 atom stereocenters. The molecule has 0 amide bonds. The maximum Gasteiger partial charge on any atom is 0.0361 e. The van der Waals surface area contributed by atoms with Gasteiger partial charge in [0.1, 0.15) is 0 Å². The van der Waals surface area contributed by atoms with E-state index in [2.05, 4.69) is 103 Å². The molecule has 0 heterocycles. The van der Waals surface area contributed by atoms with Crippen LogP contribution in [-0.4, -0.2) is 28.2 Å². The van der Waals surface area contributed by atoms with Crippen LogP contribution in [0.15, 0.2) is 109 Å². The number of nitrogens with zero attached hydrogens (tertiary/aromatic N) is 2. The van der Waals surface area contributed by atoms with Crippen molar-refractivity contribution in [2.45, 2.75) is 13.8 Å². The van der Waals surface area contributed by atoms with Crippen LogP contribution in [0.1, 0.15) is 25.0 Å². The van der Waals surface area contributed by atoms with Crippen molar-refractivity contribution in [1.29, 1.82) is 0 Å². The highest BCUT2D eigenvalue weighted by atomic mass is 15.1. The molecule has 0 aromatic heterocycles. The van der Waals surface area contributed by atoms with E-state index in [0.29, 0.717) is 0 Å². The SMILES string of the molecule is C=C(\C=C/C=C(C)/C=C/c1ccc(N(C)C)cc1)/C=C/c1ccc(N(C)C)cc1.C=CC. The Balaban J connectivity index is 0.00000161. The summed E-state index contributed by atoms with van der Waals surface area (Å²) in [4.78, 5) is 4.20. The van der Waals surface area contributed by atoms with Crippen molar-refractivity contribution < 1.29 is 0 Å². The molecule has 0 saturated carbocycles. The first-order chi connectivity index (χ1) is 15.3. The number of anilines is 2. The van der Waals surface area contributed by atoms with Crippen molar-refractivity contribution in [3.8, 4) is 0 Å². The molecule has 0 saturated heterocycles. The molecule has 0 radical (unpaired) electrons. The van der Waals surface area contributed by atoms with Crippen molar-refractivity contribution in [1.82, 2.24) is 0 Å². The van der Waals surface area contributed by atoms with E-state index in [1.165, 1.54) is 28.1 Å². The lowest BCUT2D eigenvalue weighted by atomic mass is 10.1. The second kappa shape index (κ2) is 14.5. The van der Waals surface area contributed by atoms with Crippen LogP contribution >= 0.6 is 0 Å². The summed E-state index contributed by atoms with van der Waals surface area (Å²) >= 11 is 0. The zero-order valence-corrected chi connectivity index (χ0v) is 20.5. The van der Waals surface area contributed by atoms with Gasteiger partial charge in [-0.05, 0) is 54.8 Å². The average Bonchev–Trinajstić information content (AvgIpc) is 2.77. The van der Waals surface area contributed by atoms with Crippen molar-refractivity contribution >= 4 is 23.5 Å². The summed E-state index contributed by atoms with van der Waals surface area (Å²) < 4.78 is 0. The Morgan fingerprint density at radius 3 is 1.53 bits per heavy atom. The number of hydrogen-bond donors (Lipinski definition) is 0. The van der Waals surface area contributed by atoms with Crippen molar-refractivity contribution in [3.63, 3.8) is 0 Å². The Kier molecular flexibility index (Phi) is 12.0. The van der Waals surface area contributed by atoms with Crippen LogP contribution in [0, 0.1) is 0 Å². The normalized spacial score (nSPS) is 11.5. The molecule has 2 aromatic carbocycles. The minimum Gasteiger partial charge on any atom is -0.378 e. The molecule has 2 heteroatoms. The van der Waals surface area contributed by atoms with E-state index < -0.39 is 0 Å². The van der Waals surface area contributed by atoms with E-state index in [9.17, 15) is 0 Å². The number of rotatable bonds is 8. The van der Waals surface area contributed by atoms with E-state index in [-0.39, 0.29) is 0 Å². The predicted molar refractivity (Wildman–Crippen MR) is 148 cm³/mol. The van der Waals surface area contributed by atoms with Gasteiger partial charge in [0.2, 0.25) is 0 Å². The molecule has 0 spiro atoms. The van der Waals surface area contributed by atoms with Gasteiger partial charge in [0.25, 0.3) is 0 Å². The zero-order valence-electron chi connectivity index (χ0n) is 20.5. The Bertz CT molecular complexity index is 951. The van der Waals surface area contributed by atoms with E-state index in [4.69, 9.17) is 0 Å². The maximum atomic E-state index is 4.10. The van der Waals surface area contributed by atoms with Crippen LogP contribution < -0.4 is 9.80 Å². The minimum atomic E-state index is 0.967. The van der Waals surface area contributed by atoms with Crippen LogP contribution in [0.4, 0.5) is 11.4 Å². The monoisotopic (exact) mass is 426 g/mol. The van der Waals surface area contributed by atoms with Gasteiger partial charge in [0.05, 0.1) is 0 Å². The van der Waals surface area contributed by atoms with Gasteiger partial charge >= 0.3 is 0 Å². The smallest absolute Gasteiger partial charge is 0.0361 e. The molecule has 0 aliphatic carbocycles. The zero-order chi connectivity index (χ0) is 23.9. The molecule has 0 N–H and O–H groups in total. The third-order valence-electron chi connectivity index (χ3n) is 4.52. The molecule has 32 heavy (non-hydrogen) atoms. The fraction of sp³-hybridized carbons (Fsp3) is 0.200. The average molecular weight is 427 g/mol. The van der Waals surface area contributed by atoms with Crippen LogP contribution in [0.2, 0.25) is 0 Å². The molecule has 0 unspecified atom stereocenters. The Morgan fingerprint density at radius 1 is 0.719 bits per heavy atom. The highest BCUT2D eigenvalue weighted by Gasteiger charge is 1.94. The molecule has 0 aliphatic rings. The van der Waals surface area contributed by atoms with Crippen molar-refractivity contribution in [2.75, 3.05) is 38.0 Å². The Labute approximate surface area is 195 Å². The van der Waals surface area contributed by atoms with Gasteiger partial charge in [0, 0.05) is 39.6 Å². The molecule has 2 rings (SSSR count). The molecule has 2 nitrogen and oxygen atoms in total. The fourth-order valence-corrected chi connectivity index (χ4v) is 2.63. The molecule has 0 aliphatic heterocycles. The molecular formula is C30H38N2. The van der Waals surface area contributed by atoms with Crippen LogP contribution in [0.5, 0.6) is 0 Å². The van der Waals surface area contributed by atoms with Crippen molar-refractivity contribution in [3.05, 3.63) is 120 Å². The topological polar surface area (TPSA) is 6.48 Å². The number of benzene rings is 2. The summed E-state index contributed by atoms with van der Waals surface area (Å²) in [5.74, 6) is 0.